The monoisotopic (exact) mass is 394 g/mol. The third-order valence-corrected chi connectivity index (χ3v) is 6.96. The van der Waals surface area contributed by atoms with Crippen LogP contribution >= 0.6 is 11.3 Å². The molecule has 8 heteroatoms. The van der Waals surface area contributed by atoms with Crippen LogP contribution in [0.4, 0.5) is 0 Å². The number of rotatable bonds is 6. The smallest absolute Gasteiger partial charge is 0.211 e. The molecular weight excluding hydrogens is 368 g/mol. The number of nitrogens with zero attached hydrogens (tertiary/aromatic N) is 4. The highest BCUT2D eigenvalue weighted by Gasteiger charge is 2.25. The summed E-state index contributed by atoms with van der Waals surface area (Å²) in [4.78, 5) is 14.7. The van der Waals surface area contributed by atoms with Crippen LogP contribution in [0.15, 0.2) is 18.6 Å². The molecule has 3 heterocycles. The van der Waals surface area contributed by atoms with Crippen LogP contribution in [0, 0.1) is 11.8 Å². The first-order chi connectivity index (χ1) is 12.3. The Hall–Kier alpha value is -1.38. The van der Waals surface area contributed by atoms with Crippen molar-refractivity contribution in [3.63, 3.8) is 0 Å². The molecule has 1 saturated heterocycles. The Kier molecular flexibility index (Phi) is 6.04. The summed E-state index contributed by atoms with van der Waals surface area (Å²) in [6, 6.07) is 0. The molecule has 0 N–H and O–H groups in total. The van der Waals surface area contributed by atoms with E-state index >= 15 is 0 Å². The number of sulfonamides is 1. The van der Waals surface area contributed by atoms with E-state index in [1.54, 1.807) is 21.8 Å². The number of hydrogen-bond donors (Lipinski definition) is 0. The highest BCUT2D eigenvalue weighted by Crippen LogP contribution is 2.27. The molecule has 0 bridgehead atoms. The van der Waals surface area contributed by atoms with E-state index in [1.807, 2.05) is 12.4 Å². The van der Waals surface area contributed by atoms with Gasteiger partial charge in [0.1, 0.15) is 5.69 Å². The molecule has 0 unspecified atom stereocenters. The molecule has 0 aromatic carbocycles. The van der Waals surface area contributed by atoms with Gasteiger partial charge in [-0.15, -0.1) is 11.3 Å². The quantitative estimate of drug-likeness (QED) is 0.753. The lowest BCUT2D eigenvalue weighted by Gasteiger charge is -2.29. The molecule has 1 fully saturated rings. The fourth-order valence-corrected chi connectivity index (χ4v) is 5.19. The Morgan fingerprint density at radius 2 is 1.96 bits per heavy atom. The van der Waals surface area contributed by atoms with Crippen LogP contribution in [-0.4, -0.2) is 47.0 Å². The van der Waals surface area contributed by atoms with Gasteiger partial charge in [-0.3, -0.25) is 4.98 Å². The number of aromatic nitrogens is 3. The van der Waals surface area contributed by atoms with Crippen molar-refractivity contribution in [1.29, 1.82) is 0 Å². The fourth-order valence-electron chi connectivity index (χ4n) is 3.24. The van der Waals surface area contributed by atoms with E-state index in [1.165, 1.54) is 6.26 Å². The van der Waals surface area contributed by atoms with Crippen molar-refractivity contribution < 1.29 is 8.42 Å². The lowest BCUT2D eigenvalue weighted by atomic mass is 9.93. The first-order valence-corrected chi connectivity index (χ1v) is 11.7. The zero-order valence-electron chi connectivity index (χ0n) is 15.6. The van der Waals surface area contributed by atoms with Gasteiger partial charge in [-0.25, -0.2) is 22.7 Å². The van der Waals surface area contributed by atoms with Crippen LogP contribution in [0.2, 0.25) is 0 Å². The topological polar surface area (TPSA) is 76.1 Å². The molecule has 0 aliphatic carbocycles. The minimum absolute atomic E-state index is 0.454. The number of hydrogen-bond acceptors (Lipinski definition) is 6. The van der Waals surface area contributed by atoms with Gasteiger partial charge in [-0.1, -0.05) is 13.8 Å². The molecular formula is C18H26N4O2S2. The summed E-state index contributed by atoms with van der Waals surface area (Å²) >= 11 is 1.69. The van der Waals surface area contributed by atoms with E-state index in [0.29, 0.717) is 24.9 Å². The fraction of sp³-hybridized carbons (Fsp3) is 0.611. The molecule has 2 aromatic heterocycles. The predicted octanol–water partition coefficient (Wildman–Crippen LogP) is 3.01. The van der Waals surface area contributed by atoms with Gasteiger partial charge in [0.05, 0.1) is 28.0 Å². The molecule has 0 saturated carbocycles. The first-order valence-electron chi connectivity index (χ1n) is 9.02. The number of thiazole rings is 1. The molecule has 0 amide bonds. The predicted molar refractivity (Wildman–Crippen MR) is 105 cm³/mol. The lowest BCUT2D eigenvalue weighted by molar-refractivity contribution is 0.273. The van der Waals surface area contributed by atoms with Crippen molar-refractivity contribution in [1.82, 2.24) is 19.3 Å². The van der Waals surface area contributed by atoms with E-state index in [9.17, 15) is 8.42 Å². The molecule has 0 atom stereocenters. The Labute approximate surface area is 159 Å². The molecule has 2 aromatic rings. The normalized spacial score (nSPS) is 17.1. The van der Waals surface area contributed by atoms with E-state index < -0.39 is 10.0 Å². The van der Waals surface area contributed by atoms with Crippen molar-refractivity contribution >= 4 is 21.4 Å². The van der Waals surface area contributed by atoms with Crippen LogP contribution in [0.5, 0.6) is 0 Å². The van der Waals surface area contributed by atoms with Crippen LogP contribution in [0.1, 0.15) is 37.4 Å². The second-order valence-corrected chi connectivity index (χ2v) is 10.5. The molecule has 0 radical (unpaired) electrons. The average molecular weight is 395 g/mol. The van der Waals surface area contributed by atoms with Crippen LogP contribution in [0.3, 0.4) is 0 Å². The molecule has 0 spiro atoms. The summed E-state index contributed by atoms with van der Waals surface area (Å²) in [5.41, 5.74) is 1.85. The van der Waals surface area contributed by atoms with Gasteiger partial charge < -0.3 is 0 Å². The molecule has 142 valence electrons. The van der Waals surface area contributed by atoms with Crippen LogP contribution < -0.4 is 0 Å². The maximum atomic E-state index is 11.6. The summed E-state index contributed by atoms with van der Waals surface area (Å²) in [7, 11) is -3.07. The molecule has 26 heavy (non-hydrogen) atoms. The van der Waals surface area contributed by atoms with Gasteiger partial charge in [0.2, 0.25) is 10.0 Å². The highest BCUT2D eigenvalue weighted by molar-refractivity contribution is 7.88. The van der Waals surface area contributed by atoms with Gasteiger partial charge >= 0.3 is 0 Å². The van der Waals surface area contributed by atoms with Crippen LogP contribution in [-0.2, 0) is 22.9 Å². The summed E-state index contributed by atoms with van der Waals surface area (Å²) < 4.78 is 24.8. The van der Waals surface area contributed by atoms with E-state index in [2.05, 4.69) is 23.8 Å². The van der Waals surface area contributed by atoms with Gasteiger partial charge in [0.25, 0.3) is 0 Å². The third kappa shape index (κ3) is 5.08. The zero-order valence-corrected chi connectivity index (χ0v) is 17.2. The molecule has 3 rings (SSSR count). The molecule has 1 aliphatic rings. The standard InChI is InChI=1S/C18H26N4O2S2/c1-13(2)8-18-20-12-17(25-18)16-11-19-10-15(21-16)9-14-4-6-22(7-5-14)26(3,23)24/h10-14H,4-9H2,1-3H3. The summed E-state index contributed by atoms with van der Waals surface area (Å²) in [5.74, 6) is 1.04. The van der Waals surface area contributed by atoms with Gasteiger partial charge in [0.15, 0.2) is 0 Å². The number of piperidine rings is 1. The second-order valence-electron chi connectivity index (χ2n) is 7.42. The average Bonchev–Trinajstić information content (AvgIpc) is 3.02. The summed E-state index contributed by atoms with van der Waals surface area (Å²) in [5, 5.41) is 1.13. The Morgan fingerprint density at radius 1 is 1.23 bits per heavy atom. The van der Waals surface area contributed by atoms with Gasteiger partial charge in [0, 0.05) is 31.9 Å². The minimum atomic E-state index is -3.07. The maximum Gasteiger partial charge on any atom is 0.211 e. The highest BCUT2D eigenvalue weighted by atomic mass is 32.2. The van der Waals surface area contributed by atoms with Crippen molar-refractivity contribution in [3.8, 4) is 10.6 Å². The van der Waals surface area contributed by atoms with Gasteiger partial charge in [-0.05, 0) is 31.1 Å². The summed E-state index contributed by atoms with van der Waals surface area (Å²) in [6.07, 6.45) is 10.4. The van der Waals surface area contributed by atoms with Crippen molar-refractivity contribution in [2.24, 2.45) is 11.8 Å². The lowest BCUT2D eigenvalue weighted by Crippen LogP contribution is -2.38. The van der Waals surface area contributed by atoms with Crippen molar-refractivity contribution in [2.45, 2.75) is 39.5 Å². The van der Waals surface area contributed by atoms with Crippen molar-refractivity contribution in [3.05, 3.63) is 29.3 Å². The van der Waals surface area contributed by atoms with Crippen LogP contribution in [0.25, 0.3) is 10.6 Å². The maximum absolute atomic E-state index is 11.6. The van der Waals surface area contributed by atoms with Gasteiger partial charge in [-0.2, -0.15) is 0 Å². The van der Waals surface area contributed by atoms with E-state index in [4.69, 9.17) is 4.98 Å². The van der Waals surface area contributed by atoms with Crippen molar-refractivity contribution in [2.75, 3.05) is 19.3 Å². The van der Waals surface area contributed by atoms with E-state index in [-0.39, 0.29) is 0 Å². The molecule has 6 nitrogen and oxygen atoms in total. The Balaban J connectivity index is 1.64. The minimum Gasteiger partial charge on any atom is -0.261 e. The summed E-state index contributed by atoms with van der Waals surface area (Å²) in [6.45, 7) is 5.58. The largest absolute Gasteiger partial charge is 0.261 e. The SMILES string of the molecule is CC(C)Cc1ncc(-c2cncc(CC3CCN(S(C)(=O)=O)CC3)n2)s1. The molecule has 1 aliphatic heterocycles. The Bertz CT molecular complexity index is 840. The first kappa shape index (κ1) is 19.4. The second kappa shape index (κ2) is 8.10. The zero-order chi connectivity index (χ0) is 18.7. The third-order valence-electron chi connectivity index (χ3n) is 4.61. The Morgan fingerprint density at radius 3 is 2.62 bits per heavy atom. The van der Waals surface area contributed by atoms with E-state index in [0.717, 1.165) is 47.0 Å².